The first-order valence-corrected chi connectivity index (χ1v) is 7.14. The lowest BCUT2D eigenvalue weighted by Gasteiger charge is -2.07. The van der Waals surface area contributed by atoms with E-state index in [2.05, 4.69) is 66.2 Å². The van der Waals surface area contributed by atoms with Gasteiger partial charge >= 0.3 is 0 Å². The van der Waals surface area contributed by atoms with Gasteiger partial charge in [0.1, 0.15) is 0 Å². The average molecular weight is 295 g/mol. The smallest absolute Gasteiger partial charge is 0.0529 e. The van der Waals surface area contributed by atoms with E-state index in [0.29, 0.717) is 4.83 Å². The first kappa shape index (κ1) is 11.9. The van der Waals surface area contributed by atoms with E-state index in [1.54, 1.807) is 0 Å². The zero-order valence-electron chi connectivity index (χ0n) is 9.53. The van der Waals surface area contributed by atoms with Gasteiger partial charge in [-0.3, -0.25) is 0 Å². The monoisotopic (exact) mass is 294 g/mol. The molecule has 0 N–H and O–H groups in total. The van der Waals surface area contributed by atoms with Gasteiger partial charge in [0, 0.05) is 9.75 Å². The molecular formula is C14H15BrS. The van der Waals surface area contributed by atoms with E-state index in [1.807, 2.05) is 11.3 Å². The molecule has 84 valence electrons. The molecule has 1 unspecified atom stereocenters. The normalized spacial score (nSPS) is 12.7. The predicted molar refractivity (Wildman–Crippen MR) is 75.6 cm³/mol. The summed E-state index contributed by atoms with van der Waals surface area (Å²) in [6.45, 7) is 4.28. The van der Waals surface area contributed by atoms with Crippen LogP contribution >= 0.6 is 27.3 Å². The Hall–Kier alpha value is -0.600. The number of benzene rings is 1. The summed E-state index contributed by atoms with van der Waals surface area (Å²) in [5, 5.41) is 0. The minimum Gasteiger partial charge on any atom is -0.145 e. The highest BCUT2D eigenvalue weighted by Gasteiger charge is 2.10. The minimum atomic E-state index is 0.439. The average Bonchev–Trinajstić information content (AvgIpc) is 2.68. The van der Waals surface area contributed by atoms with Gasteiger partial charge in [-0.05, 0) is 38.0 Å². The van der Waals surface area contributed by atoms with E-state index in [0.717, 1.165) is 6.42 Å². The Labute approximate surface area is 109 Å². The molecule has 2 heteroatoms. The van der Waals surface area contributed by atoms with Gasteiger partial charge in [-0.15, -0.1) is 11.3 Å². The molecule has 16 heavy (non-hydrogen) atoms. The van der Waals surface area contributed by atoms with E-state index in [4.69, 9.17) is 0 Å². The van der Waals surface area contributed by atoms with E-state index in [-0.39, 0.29) is 0 Å². The van der Waals surface area contributed by atoms with Crippen LogP contribution in [-0.4, -0.2) is 0 Å². The summed E-state index contributed by atoms with van der Waals surface area (Å²) in [5.41, 5.74) is 2.71. The summed E-state index contributed by atoms with van der Waals surface area (Å²) in [7, 11) is 0. The summed E-state index contributed by atoms with van der Waals surface area (Å²) in [4.78, 5) is 3.23. The summed E-state index contributed by atoms with van der Waals surface area (Å²) >= 11 is 5.64. The molecule has 2 rings (SSSR count). The van der Waals surface area contributed by atoms with Crippen molar-refractivity contribution in [3.05, 3.63) is 57.3 Å². The zero-order chi connectivity index (χ0) is 11.5. The molecule has 0 saturated heterocycles. The molecule has 0 bridgehead atoms. The van der Waals surface area contributed by atoms with Crippen molar-refractivity contribution in [3.63, 3.8) is 0 Å². The minimum absolute atomic E-state index is 0.439. The zero-order valence-corrected chi connectivity index (χ0v) is 11.9. The standard InChI is InChI=1S/C14H15BrS/c1-10-3-6-12(7-4-10)9-13(15)14-8-5-11(2)16-14/h3-8,13H,9H2,1-2H3. The molecule has 1 aromatic carbocycles. The van der Waals surface area contributed by atoms with E-state index in [9.17, 15) is 0 Å². The maximum Gasteiger partial charge on any atom is 0.0529 e. The van der Waals surface area contributed by atoms with Gasteiger partial charge < -0.3 is 0 Å². The summed E-state index contributed by atoms with van der Waals surface area (Å²) < 4.78 is 0. The number of hydrogen-bond acceptors (Lipinski definition) is 1. The second-order valence-corrected chi connectivity index (χ2v) is 6.53. The Kier molecular flexibility index (Phi) is 3.82. The SMILES string of the molecule is Cc1ccc(CC(Br)c2ccc(C)s2)cc1. The van der Waals surface area contributed by atoms with Crippen molar-refractivity contribution in [2.45, 2.75) is 25.1 Å². The Morgan fingerprint density at radius 3 is 2.31 bits per heavy atom. The highest BCUT2D eigenvalue weighted by Crippen LogP contribution is 2.32. The predicted octanol–water partition coefficient (Wildman–Crippen LogP) is 5.04. The van der Waals surface area contributed by atoms with E-state index >= 15 is 0 Å². The number of aryl methyl sites for hydroxylation is 2. The lowest BCUT2D eigenvalue weighted by Crippen LogP contribution is -1.92. The lowest BCUT2D eigenvalue weighted by molar-refractivity contribution is 0.968. The lowest BCUT2D eigenvalue weighted by atomic mass is 10.1. The molecule has 0 fully saturated rings. The van der Waals surface area contributed by atoms with Crippen molar-refractivity contribution >= 4 is 27.3 Å². The Morgan fingerprint density at radius 1 is 1.06 bits per heavy atom. The molecule has 0 saturated carbocycles. The van der Waals surface area contributed by atoms with Crippen molar-refractivity contribution in [1.29, 1.82) is 0 Å². The number of rotatable bonds is 3. The van der Waals surface area contributed by atoms with Crippen LogP contribution in [-0.2, 0) is 6.42 Å². The second kappa shape index (κ2) is 5.15. The van der Waals surface area contributed by atoms with E-state index < -0.39 is 0 Å². The Morgan fingerprint density at radius 2 is 1.75 bits per heavy atom. The summed E-state index contributed by atoms with van der Waals surface area (Å²) in [6, 6.07) is 13.2. The number of hydrogen-bond donors (Lipinski definition) is 0. The molecule has 0 nitrogen and oxygen atoms in total. The largest absolute Gasteiger partial charge is 0.145 e. The maximum absolute atomic E-state index is 3.76. The third-order valence-electron chi connectivity index (χ3n) is 2.61. The summed E-state index contributed by atoms with van der Waals surface area (Å²) in [6.07, 6.45) is 1.06. The van der Waals surface area contributed by atoms with Crippen LogP contribution in [0.2, 0.25) is 0 Å². The molecular weight excluding hydrogens is 280 g/mol. The molecule has 0 aliphatic rings. The van der Waals surface area contributed by atoms with Crippen LogP contribution < -0.4 is 0 Å². The van der Waals surface area contributed by atoms with E-state index in [1.165, 1.54) is 20.9 Å². The fraction of sp³-hybridized carbons (Fsp3) is 0.286. The van der Waals surface area contributed by atoms with Gasteiger partial charge in [0.25, 0.3) is 0 Å². The highest BCUT2D eigenvalue weighted by molar-refractivity contribution is 9.09. The molecule has 1 atom stereocenters. The first-order valence-electron chi connectivity index (χ1n) is 5.41. The van der Waals surface area contributed by atoms with Crippen LogP contribution in [0.4, 0.5) is 0 Å². The number of halogens is 1. The summed E-state index contributed by atoms with van der Waals surface area (Å²) in [5.74, 6) is 0. The van der Waals surface area contributed by atoms with Gasteiger partial charge in [0.05, 0.1) is 4.83 Å². The molecule has 1 heterocycles. The molecule has 0 aliphatic heterocycles. The number of thiophene rings is 1. The maximum atomic E-state index is 3.76. The van der Waals surface area contributed by atoms with Gasteiger partial charge in [-0.2, -0.15) is 0 Å². The Balaban J connectivity index is 2.07. The first-order chi connectivity index (χ1) is 7.65. The molecule has 0 radical (unpaired) electrons. The van der Waals surface area contributed by atoms with Crippen LogP contribution in [0.3, 0.4) is 0 Å². The van der Waals surface area contributed by atoms with Gasteiger partial charge in [-0.1, -0.05) is 45.8 Å². The molecule has 0 aliphatic carbocycles. The highest BCUT2D eigenvalue weighted by atomic mass is 79.9. The second-order valence-electron chi connectivity index (χ2n) is 4.11. The third-order valence-corrected chi connectivity index (χ3v) is 4.84. The van der Waals surface area contributed by atoms with Crippen molar-refractivity contribution in [3.8, 4) is 0 Å². The van der Waals surface area contributed by atoms with Gasteiger partial charge in [-0.25, -0.2) is 0 Å². The topological polar surface area (TPSA) is 0 Å². The van der Waals surface area contributed by atoms with Gasteiger partial charge in [0.15, 0.2) is 0 Å². The fourth-order valence-electron chi connectivity index (χ4n) is 1.65. The molecule has 2 aromatic rings. The molecule has 1 aromatic heterocycles. The van der Waals surface area contributed by atoms with Crippen molar-refractivity contribution in [2.24, 2.45) is 0 Å². The van der Waals surface area contributed by atoms with Gasteiger partial charge in [0.2, 0.25) is 0 Å². The van der Waals surface area contributed by atoms with Crippen LogP contribution in [0.5, 0.6) is 0 Å². The van der Waals surface area contributed by atoms with Crippen LogP contribution in [0.1, 0.15) is 25.7 Å². The molecule has 0 amide bonds. The van der Waals surface area contributed by atoms with Crippen LogP contribution in [0.25, 0.3) is 0 Å². The van der Waals surface area contributed by atoms with Crippen LogP contribution in [0.15, 0.2) is 36.4 Å². The van der Waals surface area contributed by atoms with Crippen molar-refractivity contribution in [1.82, 2.24) is 0 Å². The third kappa shape index (κ3) is 2.96. The van der Waals surface area contributed by atoms with Crippen molar-refractivity contribution < 1.29 is 0 Å². The fourth-order valence-corrected chi connectivity index (χ4v) is 3.32. The number of alkyl halides is 1. The Bertz CT molecular complexity index is 456. The quantitative estimate of drug-likeness (QED) is 0.696. The van der Waals surface area contributed by atoms with Crippen molar-refractivity contribution in [2.75, 3.05) is 0 Å². The van der Waals surface area contributed by atoms with Crippen LogP contribution in [0, 0.1) is 13.8 Å². The molecule has 0 spiro atoms.